The molecular formula is C29H35Cl2N5O5. The van der Waals surface area contributed by atoms with Crippen molar-refractivity contribution < 1.29 is 23.7 Å². The molecule has 0 aliphatic carbocycles. The van der Waals surface area contributed by atoms with Gasteiger partial charge in [-0.25, -0.2) is 9.97 Å². The highest BCUT2D eigenvalue weighted by Crippen LogP contribution is 2.47. The minimum Gasteiger partial charge on any atom is -0.495 e. The fourth-order valence-corrected chi connectivity index (χ4v) is 6.17. The summed E-state index contributed by atoms with van der Waals surface area (Å²) in [5, 5.41) is 8.94. The van der Waals surface area contributed by atoms with Crippen LogP contribution in [0, 0.1) is 0 Å². The monoisotopic (exact) mass is 603 g/mol. The van der Waals surface area contributed by atoms with Crippen molar-refractivity contribution in [2.75, 3.05) is 57.8 Å². The van der Waals surface area contributed by atoms with Crippen LogP contribution in [0.2, 0.25) is 10.0 Å². The number of carbonyl (C=O) groups is 1. The molecule has 0 saturated carbocycles. The average molecular weight is 605 g/mol. The van der Waals surface area contributed by atoms with Crippen LogP contribution in [0.25, 0.3) is 22.0 Å². The minimum absolute atomic E-state index is 0.0629. The van der Waals surface area contributed by atoms with Gasteiger partial charge in [0.15, 0.2) is 0 Å². The third-order valence-corrected chi connectivity index (χ3v) is 8.58. The molecule has 3 aromatic rings. The maximum absolute atomic E-state index is 11.8. The first-order chi connectivity index (χ1) is 19.7. The topological polar surface area (TPSA) is 107 Å². The number of anilines is 2. The Morgan fingerprint density at radius 2 is 1.85 bits per heavy atom. The summed E-state index contributed by atoms with van der Waals surface area (Å²) < 4.78 is 22.5. The highest BCUT2D eigenvalue weighted by molar-refractivity contribution is 6.41. The number of aromatic nitrogens is 2. The van der Waals surface area contributed by atoms with Gasteiger partial charge in [-0.15, -0.1) is 0 Å². The summed E-state index contributed by atoms with van der Waals surface area (Å²) in [6.07, 6.45) is 3.36. The number of pyridine rings is 2. The van der Waals surface area contributed by atoms with Gasteiger partial charge in [0.05, 0.1) is 54.3 Å². The number of benzene rings is 1. The fraction of sp³-hybridized carbons (Fsp3) is 0.483. The second-order valence-corrected chi connectivity index (χ2v) is 11.4. The summed E-state index contributed by atoms with van der Waals surface area (Å²) in [7, 11) is 4.82. The fourth-order valence-electron chi connectivity index (χ4n) is 5.47. The lowest BCUT2D eigenvalue weighted by Crippen LogP contribution is -2.51. The van der Waals surface area contributed by atoms with E-state index < -0.39 is 0 Å². The van der Waals surface area contributed by atoms with Crippen molar-refractivity contribution in [1.82, 2.24) is 15.3 Å². The molecule has 0 radical (unpaired) electrons. The van der Waals surface area contributed by atoms with Crippen LogP contribution in [0.5, 0.6) is 11.5 Å². The number of hydrogen-bond donors (Lipinski definition) is 2. The standard InChI is InChI=1S/C29H35Cl2N5O5/c1-16(37)33-19-6-9-41-14-21(19)34-24-11-18-17(13-32-24)10-20(35-28(18)36-8-7-29(2,15-36)40-5)25-26(30)22(38-3)12-23(39-4)27(25)31/h10-13,19,21H,6-9,14-15H2,1-5H3,(H,32,34)(H,33,37)/t19-,21+,29?/m0/s1. The average Bonchev–Trinajstić information content (AvgIpc) is 3.36. The molecule has 3 atom stereocenters. The Balaban J connectivity index is 1.62. The predicted octanol–water partition coefficient (Wildman–Crippen LogP) is 4.94. The zero-order chi connectivity index (χ0) is 29.3. The lowest BCUT2D eigenvalue weighted by Gasteiger charge is -2.33. The molecule has 41 heavy (non-hydrogen) atoms. The van der Waals surface area contributed by atoms with Crippen LogP contribution in [-0.4, -0.2) is 81.2 Å². The normalized spacial score (nSPS) is 22.6. The zero-order valence-corrected chi connectivity index (χ0v) is 25.4. The number of nitrogens with zero attached hydrogens (tertiary/aromatic N) is 3. The molecule has 220 valence electrons. The largest absolute Gasteiger partial charge is 0.495 e. The van der Waals surface area contributed by atoms with Crippen LogP contribution in [-0.2, 0) is 14.3 Å². The van der Waals surface area contributed by atoms with Crippen LogP contribution in [0.4, 0.5) is 11.6 Å². The van der Waals surface area contributed by atoms with Gasteiger partial charge < -0.3 is 34.5 Å². The summed E-state index contributed by atoms with van der Waals surface area (Å²) in [6.45, 7) is 6.09. The summed E-state index contributed by atoms with van der Waals surface area (Å²) in [6, 6.07) is 5.37. The lowest BCUT2D eigenvalue weighted by atomic mass is 10.0. The summed E-state index contributed by atoms with van der Waals surface area (Å²) in [4.78, 5) is 23.8. The molecular weight excluding hydrogens is 569 g/mol. The number of ether oxygens (including phenoxy) is 4. The van der Waals surface area contributed by atoms with Gasteiger partial charge in [-0.05, 0) is 31.9 Å². The highest BCUT2D eigenvalue weighted by atomic mass is 35.5. The number of amides is 1. The number of halogens is 2. The first-order valence-electron chi connectivity index (χ1n) is 13.5. The van der Waals surface area contributed by atoms with Crippen LogP contribution >= 0.6 is 23.2 Å². The van der Waals surface area contributed by atoms with E-state index in [9.17, 15) is 4.79 Å². The van der Waals surface area contributed by atoms with E-state index >= 15 is 0 Å². The molecule has 4 heterocycles. The first-order valence-corrected chi connectivity index (χ1v) is 14.2. The second-order valence-electron chi connectivity index (χ2n) is 10.7. The van der Waals surface area contributed by atoms with Crippen molar-refractivity contribution in [3.63, 3.8) is 0 Å². The minimum atomic E-state index is -0.308. The third-order valence-electron chi connectivity index (χ3n) is 7.83. The Bertz CT molecular complexity index is 1430. The molecule has 0 bridgehead atoms. The van der Waals surface area contributed by atoms with Crippen molar-refractivity contribution in [3.05, 3.63) is 34.4 Å². The van der Waals surface area contributed by atoms with Crippen LogP contribution in [0.15, 0.2) is 24.4 Å². The number of nitrogens with one attached hydrogen (secondary N) is 2. The van der Waals surface area contributed by atoms with E-state index in [1.807, 2.05) is 12.1 Å². The molecule has 2 saturated heterocycles. The van der Waals surface area contributed by atoms with E-state index in [4.69, 9.17) is 52.1 Å². The van der Waals surface area contributed by atoms with Crippen LogP contribution in [0.1, 0.15) is 26.7 Å². The molecule has 12 heteroatoms. The van der Waals surface area contributed by atoms with E-state index in [1.54, 1.807) is 33.6 Å². The number of fused-ring (bicyclic) bond motifs is 1. The van der Waals surface area contributed by atoms with Gasteiger partial charge in [0.2, 0.25) is 5.91 Å². The SMILES string of the molecule is COc1cc(OC)c(Cl)c(-c2cc3cnc(N[C@@H]4COCC[C@@H]4NC(C)=O)cc3c(N3CCC(C)(OC)C3)n2)c1Cl. The van der Waals surface area contributed by atoms with E-state index in [0.29, 0.717) is 58.4 Å². The maximum Gasteiger partial charge on any atom is 0.217 e. The van der Waals surface area contributed by atoms with E-state index in [1.165, 1.54) is 6.92 Å². The quantitative estimate of drug-likeness (QED) is 0.370. The van der Waals surface area contributed by atoms with Crippen molar-refractivity contribution in [3.8, 4) is 22.8 Å². The molecule has 1 aromatic carbocycles. The molecule has 1 unspecified atom stereocenters. The number of hydrogen-bond acceptors (Lipinski definition) is 9. The molecule has 0 spiro atoms. The van der Waals surface area contributed by atoms with Crippen molar-refractivity contribution in [2.24, 2.45) is 0 Å². The number of rotatable bonds is 8. The Morgan fingerprint density at radius 1 is 1.12 bits per heavy atom. The molecule has 10 nitrogen and oxygen atoms in total. The maximum atomic E-state index is 11.8. The van der Waals surface area contributed by atoms with Gasteiger partial charge in [-0.3, -0.25) is 4.79 Å². The molecule has 1 amide bonds. The smallest absolute Gasteiger partial charge is 0.217 e. The van der Waals surface area contributed by atoms with E-state index in [2.05, 4.69) is 22.5 Å². The van der Waals surface area contributed by atoms with Crippen LogP contribution < -0.4 is 25.0 Å². The third kappa shape index (κ3) is 5.97. The summed E-state index contributed by atoms with van der Waals surface area (Å²) in [5.74, 6) is 2.21. The van der Waals surface area contributed by atoms with Gasteiger partial charge in [0.25, 0.3) is 0 Å². The molecule has 2 aliphatic heterocycles. The lowest BCUT2D eigenvalue weighted by molar-refractivity contribution is -0.120. The van der Waals surface area contributed by atoms with Crippen LogP contribution in [0.3, 0.4) is 0 Å². The summed E-state index contributed by atoms with van der Waals surface area (Å²) in [5.41, 5.74) is 0.776. The van der Waals surface area contributed by atoms with Gasteiger partial charge in [0.1, 0.15) is 23.1 Å². The number of methoxy groups -OCH3 is 3. The second kappa shape index (κ2) is 12.1. The molecule has 2 fully saturated rings. The molecule has 2 aromatic heterocycles. The molecule has 2 N–H and O–H groups in total. The Kier molecular flexibility index (Phi) is 8.65. The molecule has 2 aliphatic rings. The first kappa shape index (κ1) is 29.4. The van der Waals surface area contributed by atoms with Gasteiger partial charge in [0, 0.05) is 62.3 Å². The van der Waals surface area contributed by atoms with E-state index in [-0.39, 0.29) is 23.6 Å². The zero-order valence-electron chi connectivity index (χ0n) is 23.8. The Labute approximate surface area is 249 Å². The number of carbonyl (C=O) groups excluding carboxylic acids is 1. The predicted molar refractivity (Wildman–Crippen MR) is 161 cm³/mol. The van der Waals surface area contributed by atoms with Gasteiger partial charge in [-0.1, -0.05) is 23.2 Å². The summed E-state index contributed by atoms with van der Waals surface area (Å²) >= 11 is 13.6. The van der Waals surface area contributed by atoms with Gasteiger partial charge in [-0.2, -0.15) is 0 Å². The Morgan fingerprint density at radius 3 is 2.49 bits per heavy atom. The van der Waals surface area contributed by atoms with Crippen molar-refractivity contribution >= 4 is 51.5 Å². The van der Waals surface area contributed by atoms with Crippen molar-refractivity contribution in [2.45, 2.75) is 44.4 Å². The highest BCUT2D eigenvalue weighted by Gasteiger charge is 2.35. The van der Waals surface area contributed by atoms with Crippen molar-refractivity contribution in [1.29, 1.82) is 0 Å². The van der Waals surface area contributed by atoms with Gasteiger partial charge >= 0.3 is 0 Å². The van der Waals surface area contributed by atoms with E-state index in [0.717, 1.165) is 36.0 Å². The Hall–Kier alpha value is -3.05. The molecule has 5 rings (SSSR count).